The Morgan fingerprint density at radius 3 is 2.65 bits per heavy atom. The molecule has 1 rings (SSSR count). The molecule has 0 bridgehead atoms. The molecule has 96 valence electrons. The maximum atomic E-state index is 11.9. The van der Waals surface area contributed by atoms with Crippen LogP contribution in [0.3, 0.4) is 0 Å². The summed E-state index contributed by atoms with van der Waals surface area (Å²) in [5, 5.41) is 2.99. The van der Waals surface area contributed by atoms with Gasteiger partial charge in [0.25, 0.3) is 0 Å². The monoisotopic (exact) mass is 256 g/mol. The van der Waals surface area contributed by atoms with Crippen LogP contribution in [-0.4, -0.2) is 26.0 Å². The molecule has 0 atom stereocenters. The lowest BCUT2D eigenvalue weighted by molar-refractivity contribution is -0.118. The van der Waals surface area contributed by atoms with Crippen molar-refractivity contribution in [1.82, 2.24) is 5.32 Å². The van der Waals surface area contributed by atoms with Crippen LogP contribution in [0.5, 0.6) is 0 Å². The summed E-state index contributed by atoms with van der Waals surface area (Å²) in [5.41, 5.74) is 2.17. The van der Waals surface area contributed by atoms with Gasteiger partial charge in [0.15, 0.2) is 0 Å². The summed E-state index contributed by atoms with van der Waals surface area (Å²) in [4.78, 5) is 13.8. The number of halogens is 1. The molecule has 0 saturated heterocycles. The van der Waals surface area contributed by atoms with Crippen LogP contribution in [0.2, 0.25) is 0 Å². The summed E-state index contributed by atoms with van der Waals surface area (Å²) in [5.74, 6) is 0.169. The minimum atomic E-state index is 0. The van der Waals surface area contributed by atoms with Crippen molar-refractivity contribution in [2.75, 3.05) is 25.0 Å². The van der Waals surface area contributed by atoms with Gasteiger partial charge in [0.2, 0.25) is 5.91 Å². The van der Waals surface area contributed by atoms with Crippen LogP contribution in [0.4, 0.5) is 5.69 Å². The predicted octanol–water partition coefficient (Wildman–Crippen LogP) is 2.38. The highest BCUT2D eigenvalue weighted by atomic mass is 35.5. The zero-order valence-electron chi connectivity index (χ0n) is 10.7. The van der Waals surface area contributed by atoms with Gasteiger partial charge < -0.3 is 10.2 Å². The van der Waals surface area contributed by atoms with Crippen LogP contribution in [0.15, 0.2) is 24.3 Å². The number of nitrogens with zero attached hydrogens (tertiary/aromatic N) is 1. The van der Waals surface area contributed by atoms with Crippen molar-refractivity contribution in [3.8, 4) is 0 Å². The Bertz CT molecular complexity index is 355. The summed E-state index contributed by atoms with van der Waals surface area (Å²) < 4.78 is 0. The first-order valence-electron chi connectivity index (χ1n) is 5.70. The number of carbonyl (C=O) groups is 1. The summed E-state index contributed by atoms with van der Waals surface area (Å²) in [6.45, 7) is 5.47. The van der Waals surface area contributed by atoms with Crippen LogP contribution < -0.4 is 10.2 Å². The van der Waals surface area contributed by atoms with E-state index in [1.807, 2.05) is 50.1 Å². The third kappa shape index (κ3) is 4.75. The number of anilines is 1. The zero-order valence-corrected chi connectivity index (χ0v) is 11.5. The van der Waals surface area contributed by atoms with Gasteiger partial charge in [0.1, 0.15) is 0 Å². The Hall–Kier alpha value is -1.06. The van der Waals surface area contributed by atoms with E-state index in [0.717, 1.165) is 12.2 Å². The van der Waals surface area contributed by atoms with Crippen LogP contribution in [0.25, 0.3) is 0 Å². The normalized spacial score (nSPS) is 9.59. The maximum Gasteiger partial charge on any atom is 0.228 e. The van der Waals surface area contributed by atoms with Crippen molar-refractivity contribution < 1.29 is 4.79 Å². The molecule has 0 heterocycles. The lowest BCUT2D eigenvalue weighted by Gasteiger charge is -2.21. The fraction of sp³-hybridized carbons (Fsp3) is 0.462. The fourth-order valence-electron chi connectivity index (χ4n) is 1.67. The average molecular weight is 257 g/mol. The van der Waals surface area contributed by atoms with E-state index >= 15 is 0 Å². The third-order valence-corrected chi connectivity index (χ3v) is 2.52. The van der Waals surface area contributed by atoms with E-state index in [4.69, 9.17) is 0 Å². The van der Waals surface area contributed by atoms with E-state index in [0.29, 0.717) is 13.0 Å². The van der Waals surface area contributed by atoms with E-state index in [-0.39, 0.29) is 18.3 Å². The molecule has 4 heteroatoms. The van der Waals surface area contributed by atoms with E-state index in [1.54, 1.807) is 0 Å². The number of benzene rings is 1. The molecule has 0 saturated carbocycles. The lowest BCUT2D eigenvalue weighted by Crippen LogP contribution is -2.32. The molecule has 0 unspecified atom stereocenters. The fourth-order valence-corrected chi connectivity index (χ4v) is 1.67. The molecule has 3 nitrogen and oxygen atoms in total. The van der Waals surface area contributed by atoms with Gasteiger partial charge in [0.05, 0.1) is 0 Å². The van der Waals surface area contributed by atoms with Crippen molar-refractivity contribution in [3.05, 3.63) is 29.8 Å². The molecule has 0 radical (unpaired) electrons. The van der Waals surface area contributed by atoms with Crippen molar-refractivity contribution in [3.63, 3.8) is 0 Å². The highest BCUT2D eigenvalue weighted by Gasteiger charge is 2.12. The third-order valence-electron chi connectivity index (χ3n) is 2.52. The van der Waals surface area contributed by atoms with Gasteiger partial charge in [-0.15, -0.1) is 12.4 Å². The number of amides is 1. The van der Waals surface area contributed by atoms with E-state index in [9.17, 15) is 4.79 Å². The molecular formula is C13H21ClN2O. The van der Waals surface area contributed by atoms with Crippen molar-refractivity contribution in [1.29, 1.82) is 0 Å². The van der Waals surface area contributed by atoms with Crippen molar-refractivity contribution in [2.45, 2.75) is 20.3 Å². The first-order chi connectivity index (χ1) is 7.69. The summed E-state index contributed by atoms with van der Waals surface area (Å²) in [7, 11) is 1.86. The van der Waals surface area contributed by atoms with E-state index < -0.39 is 0 Å². The Balaban J connectivity index is 0.00000256. The Morgan fingerprint density at radius 1 is 1.41 bits per heavy atom. The largest absolute Gasteiger partial charge is 0.319 e. The van der Waals surface area contributed by atoms with Crippen LogP contribution in [0, 0.1) is 6.92 Å². The standard InChI is InChI=1S/C13H20N2O.ClH/c1-4-15(13(16)8-9-14-3)12-7-5-6-11(2)10-12;/h5-7,10,14H,4,8-9H2,1-3H3;1H. The first kappa shape index (κ1) is 15.9. The van der Waals surface area contributed by atoms with Crippen molar-refractivity contribution in [2.24, 2.45) is 0 Å². The van der Waals surface area contributed by atoms with E-state index in [1.165, 1.54) is 5.56 Å². The number of hydrogen-bond acceptors (Lipinski definition) is 2. The Labute approximate surface area is 110 Å². The molecule has 1 aromatic rings. The Kier molecular flexibility index (Phi) is 7.59. The smallest absolute Gasteiger partial charge is 0.228 e. The lowest BCUT2D eigenvalue weighted by atomic mass is 10.2. The highest BCUT2D eigenvalue weighted by molar-refractivity contribution is 5.93. The van der Waals surface area contributed by atoms with Crippen molar-refractivity contribution >= 4 is 24.0 Å². The predicted molar refractivity (Wildman–Crippen MR) is 75.0 cm³/mol. The van der Waals surface area contributed by atoms with Gasteiger partial charge in [-0.1, -0.05) is 12.1 Å². The molecule has 0 aromatic heterocycles. The number of aryl methyl sites for hydroxylation is 1. The quantitative estimate of drug-likeness (QED) is 0.877. The number of nitrogens with one attached hydrogen (secondary N) is 1. The molecule has 1 aromatic carbocycles. The molecule has 0 aliphatic rings. The molecule has 1 N–H and O–H groups in total. The second kappa shape index (κ2) is 8.09. The first-order valence-corrected chi connectivity index (χ1v) is 5.70. The number of hydrogen-bond donors (Lipinski definition) is 1. The zero-order chi connectivity index (χ0) is 12.0. The molecular weight excluding hydrogens is 236 g/mol. The molecule has 0 aliphatic heterocycles. The van der Waals surface area contributed by atoms with Gasteiger partial charge in [-0.2, -0.15) is 0 Å². The average Bonchev–Trinajstić information content (AvgIpc) is 2.27. The summed E-state index contributed by atoms with van der Waals surface area (Å²) in [6, 6.07) is 8.04. The highest BCUT2D eigenvalue weighted by Crippen LogP contribution is 2.16. The molecule has 1 amide bonds. The second-order valence-electron chi connectivity index (χ2n) is 3.83. The maximum absolute atomic E-state index is 11.9. The topological polar surface area (TPSA) is 32.3 Å². The van der Waals surface area contributed by atoms with E-state index in [2.05, 4.69) is 5.32 Å². The van der Waals surface area contributed by atoms with Gasteiger partial charge in [0, 0.05) is 25.2 Å². The van der Waals surface area contributed by atoms with Gasteiger partial charge in [-0.05, 0) is 38.6 Å². The second-order valence-corrected chi connectivity index (χ2v) is 3.83. The SMILES string of the molecule is CCN(C(=O)CCNC)c1cccc(C)c1.Cl. The molecule has 0 spiro atoms. The molecule has 17 heavy (non-hydrogen) atoms. The number of rotatable bonds is 5. The van der Waals surface area contributed by atoms with Crippen LogP contribution >= 0.6 is 12.4 Å². The van der Waals surface area contributed by atoms with Gasteiger partial charge in [-0.3, -0.25) is 4.79 Å². The summed E-state index contributed by atoms with van der Waals surface area (Å²) in [6.07, 6.45) is 0.540. The summed E-state index contributed by atoms with van der Waals surface area (Å²) >= 11 is 0. The Morgan fingerprint density at radius 2 is 2.12 bits per heavy atom. The minimum absolute atomic E-state index is 0. The number of carbonyl (C=O) groups excluding carboxylic acids is 1. The molecule has 0 fully saturated rings. The molecule has 0 aliphatic carbocycles. The van der Waals surface area contributed by atoms with Gasteiger partial charge >= 0.3 is 0 Å². The van der Waals surface area contributed by atoms with Crippen LogP contribution in [0.1, 0.15) is 18.9 Å². The van der Waals surface area contributed by atoms with Crippen LogP contribution in [-0.2, 0) is 4.79 Å². The van der Waals surface area contributed by atoms with Gasteiger partial charge in [-0.25, -0.2) is 0 Å². The minimum Gasteiger partial charge on any atom is -0.319 e.